The minimum Gasteiger partial charge on any atom is -0.391 e. The van der Waals surface area contributed by atoms with E-state index in [4.69, 9.17) is 10.00 Å². The van der Waals surface area contributed by atoms with Crippen LogP contribution in [0.2, 0.25) is 0 Å². The van der Waals surface area contributed by atoms with Gasteiger partial charge in [0.15, 0.2) is 6.10 Å². The van der Waals surface area contributed by atoms with Crippen molar-refractivity contribution >= 4 is 31.9 Å². The highest BCUT2D eigenvalue weighted by molar-refractivity contribution is 9.13. The lowest BCUT2D eigenvalue weighted by atomic mass is 10.1. The third kappa shape index (κ3) is 4.07. The number of benzene rings is 1. The van der Waals surface area contributed by atoms with Crippen molar-refractivity contribution in [3.63, 3.8) is 0 Å². The van der Waals surface area contributed by atoms with Crippen LogP contribution in [0.1, 0.15) is 25.5 Å². The Bertz CT molecular complexity index is 429. The average molecular weight is 363 g/mol. The summed E-state index contributed by atoms with van der Waals surface area (Å²) < 4.78 is 7.28. The highest BCUT2D eigenvalue weighted by atomic mass is 79.9. The van der Waals surface area contributed by atoms with Crippen LogP contribution in [-0.2, 0) is 4.74 Å². The Morgan fingerprint density at radius 3 is 2.41 bits per heavy atom. The summed E-state index contributed by atoms with van der Waals surface area (Å²) in [7, 11) is 0. The fourth-order valence-corrected chi connectivity index (χ4v) is 1.83. The molecule has 0 amide bonds. The number of hydrogen-bond donors (Lipinski definition) is 1. The van der Waals surface area contributed by atoms with Gasteiger partial charge >= 0.3 is 0 Å². The van der Waals surface area contributed by atoms with E-state index in [0.29, 0.717) is 0 Å². The maximum Gasteiger partial charge on any atom is 0.169 e. The average Bonchev–Trinajstić information content (AvgIpc) is 2.29. The van der Waals surface area contributed by atoms with Crippen molar-refractivity contribution in [2.24, 2.45) is 0 Å². The number of nitriles is 1. The van der Waals surface area contributed by atoms with E-state index in [9.17, 15) is 5.11 Å². The minimum absolute atomic E-state index is 0.387. The van der Waals surface area contributed by atoms with E-state index >= 15 is 0 Å². The number of rotatable bonds is 4. The predicted octanol–water partition coefficient (Wildman–Crippen LogP) is 3.56. The van der Waals surface area contributed by atoms with E-state index in [2.05, 4.69) is 37.9 Å². The molecule has 92 valence electrons. The summed E-state index contributed by atoms with van der Waals surface area (Å²) in [4.78, 5) is 0. The first-order chi connectivity index (χ1) is 7.95. The summed E-state index contributed by atoms with van der Waals surface area (Å²) >= 11 is 6.74. The van der Waals surface area contributed by atoms with Crippen molar-refractivity contribution in [2.45, 2.75) is 32.2 Å². The largest absolute Gasteiger partial charge is 0.391 e. The summed E-state index contributed by atoms with van der Waals surface area (Å²) in [5.74, 6) is 0. The molecule has 1 aromatic rings. The van der Waals surface area contributed by atoms with Crippen LogP contribution >= 0.6 is 31.9 Å². The maximum atomic E-state index is 9.36. The van der Waals surface area contributed by atoms with E-state index in [1.807, 2.05) is 18.2 Å². The van der Waals surface area contributed by atoms with Crippen molar-refractivity contribution in [1.82, 2.24) is 0 Å². The van der Waals surface area contributed by atoms with Gasteiger partial charge in [0.2, 0.25) is 0 Å². The van der Waals surface area contributed by atoms with Crippen LogP contribution in [0.5, 0.6) is 0 Å². The highest BCUT2D eigenvalue weighted by Crippen LogP contribution is 2.28. The first kappa shape index (κ1) is 14.7. The van der Waals surface area contributed by atoms with Gasteiger partial charge in [-0.3, -0.25) is 0 Å². The molecule has 0 bridgehead atoms. The van der Waals surface area contributed by atoms with Gasteiger partial charge in [0.25, 0.3) is 0 Å². The molecule has 1 rings (SSSR count). The molecular formula is C12H13Br2NO2. The summed E-state index contributed by atoms with van der Waals surface area (Å²) in [5.41, 5.74) is 0.759. The summed E-state index contributed by atoms with van der Waals surface area (Å²) in [5, 5.41) is 18.4. The Morgan fingerprint density at radius 2 is 1.94 bits per heavy atom. The van der Waals surface area contributed by atoms with Gasteiger partial charge in [0.1, 0.15) is 0 Å². The van der Waals surface area contributed by atoms with Crippen LogP contribution in [0, 0.1) is 11.3 Å². The molecule has 1 N–H and O–H groups in total. The van der Waals surface area contributed by atoms with Gasteiger partial charge in [-0.15, -0.1) is 0 Å². The first-order valence-electron chi connectivity index (χ1n) is 5.13. The monoisotopic (exact) mass is 361 g/mol. The summed E-state index contributed by atoms with van der Waals surface area (Å²) in [6.07, 6.45) is -1.67. The normalized spacial score (nSPS) is 16.0. The lowest BCUT2D eigenvalue weighted by molar-refractivity contribution is -0.0426. The van der Waals surface area contributed by atoms with Gasteiger partial charge in [0, 0.05) is 8.95 Å². The molecule has 1 aromatic carbocycles. The number of aliphatic hydroxyl groups is 1. The number of hydrogen-bond acceptors (Lipinski definition) is 3. The SMILES string of the molecule is CC(O)C(C)OC(C#N)c1ccc(Br)c(Br)c1. The fourth-order valence-electron chi connectivity index (χ4n) is 1.19. The zero-order valence-electron chi connectivity index (χ0n) is 9.52. The number of halogens is 2. The topological polar surface area (TPSA) is 53.2 Å². The Balaban J connectivity index is 2.87. The molecule has 0 saturated carbocycles. The van der Waals surface area contributed by atoms with Crippen molar-refractivity contribution in [3.8, 4) is 6.07 Å². The van der Waals surface area contributed by atoms with Crippen molar-refractivity contribution in [1.29, 1.82) is 5.26 Å². The van der Waals surface area contributed by atoms with Crippen LogP contribution < -0.4 is 0 Å². The zero-order chi connectivity index (χ0) is 13.0. The number of ether oxygens (including phenoxy) is 1. The summed E-state index contributed by atoms with van der Waals surface area (Å²) in [6.45, 7) is 3.37. The van der Waals surface area contributed by atoms with Crippen LogP contribution in [0.4, 0.5) is 0 Å². The van der Waals surface area contributed by atoms with Gasteiger partial charge in [-0.05, 0) is 63.4 Å². The molecule has 17 heavy (non-hydrogen) atoms. The Kier molecular flexibility index (Phi) is 5.60. The van der Waals surface area contributed by atoms with Gasteiger partial charge in [-0.1, -0.05) is 6.07 Å². The molecule has 0 aliphatic carbocycles. The van der Waals surface area contributed by atoms with Gasteiger partial charge in [-0.2, -0.15) is 5.26 Å². The van der Waals surface area contributed by atoms with E-state index in [-0.39, 0.29) is 6.10 Å². The molecule has 0 aromatic heterocycles. The third-order valence-corrected chi connectivity index (χ3v) is 4.27. The molecule has 3 atom stereocenters. The molecule has 0 aliphatic rings. The zero-order valence-corrected chi connectivity index (χ0v) is 12.7. The highest BCUT2D eigenvalue weighted by Gasteiger charge is 2.18. The smallest absolute Gasteiger partial charge is 0.169 e. The van der Waals surface area contributed by atoms with Gasteiger partial charge < -0.3 is 9.84 Å². The van der Waals surface area contributed by atoms with E-state index in [0.717, 1.165) is 14.5 Å². The molecule has 0 saturated heterocycles. The van der Waals surface area contributed by atoms with Crippen LogP contribution in [0.25, 0.3) is 0 Å². The first-order valence-corrected chi connectivity index (χ1v) is 6.72. The van der Waals surface area contributed by atoms with Crippen molar-refractivity contribution < 1.29 is 9.84 Å². The Labute approximate surface area is 118 Å². The second kappa shape index (κ2) is 6.50. The Morgan fingerprint density at radius 1 is 1.29 bits per heavy atom. The number of aliphatic hydroxyl groups excluding tert-OH is 1. The van der Waals surface area contributed by atoms with Gasteiger partial charge in [0.05, 0.1) is 18.3 Å². The standard InChI is InChI=1S/C12H13Br2NO2/c1-7(16)8(2)17-12(6-15)9-3-4-10(13)11(14)5-9/h3-5,7-8,12,16H,1-2H3. The maximum absolute atomic E-state index is 9.36. The second-order valence-electron chi connectivity index (χ2n) is 3.76. The summed E-state index contributed by atoms with van der Waals surface area (Å²) in [6, 6.07) is 7.57. The van der Waals surface area contributed by atoms with E-state index in [1.165, 1.54) is 0 Å². The molecular weight excluding hydrogens is 350 g/mol. The predicted molar refractivity (Wildman–Crippen MR) is 72.4 cm³/mol. The molecule has 0 spiro atoms. The van der Waals surface area contributed by atoms with Crippen LogP contribution in [0.3, 0.4) is 0 Å². The van der Waals surface area contributed by atoms with Crippen LogP contribution in [0.15, 0.2) is 27.1 Å². The fraction of sp³-hybridized carbons (Fsp3) is 0.417. The number of nitrogens with zero attached hydrogens (tertiary/aromatic N) is 1. The Hall–Kier alpha value is -0.410. The van der Waals surface area contributed by atoms with Crippen LogP contribution in [-0.4, -0.2) is 17.3 Å². The molecule has 0 aliphatic heterocycles. The molecule has 3 unspecified atom stereocenters. The molecule has 0 heterocycles. The molecule has 0 radical (unpaired) electrons. The van der Waals surface area contributed by atoms with Gasteiger partial charge in [-0.25, -0.2) is 0 Å². The quantitative estimate of drug-likeness (QED) is 0.890. The molecule has 5 heteroatoms. The second-order valence-corrected chi connectivity index (χ2v) is 5.47. The van der Waals surface area contributed by atoms with Crippen molar-refractivity contribution in [2.75, 3.05) is 0 Å². The van der Waals surface area contributed by atoms with E-state index in [1.54, 1.807) is 13.8 Å². The molecule has 0 fully saturated rings. The van der Waals surface area contributed by atoms with Crippen molar-refractivity contribution in [3.05, 3.63) is 32.7 Å². The lowest BCUT2D eigenvalue weighted by Crippen LogP contribution is -2.24. The minimum atomic E-state index is -0.677. The lowest BCUT2D eigenvalue weighted by Gasteiger charge is -2.20. The van der Waals surface area contributed by atoms with E-state index < -0.39 is 12.2 Å². The third-order valence-electron chi connectivity index (χ3n) is 2.39. The molecule has 3 nitrogen and oxygen atoms in total.